The smallest absolute Gasteiger partial charge is 0.270 e. The third kappa shape index (κ3) is 5.83. The van der Waals surface area contributed by atoms with Crippen molar-refractivity contribution in [3.05, 3.63) is 94.9 Å². The van der Waals surface area contributed by atoms with E-state index < -0.39 is 11.7 Å². The first-order valence-electron chi connectivity index (χ1n) is 13.0. The second kappa shape index (κ2) is 11.1. The number of nitrogens with zero attached hydrogens (tertiary/aromatic N) is 4. The molecule has 2 heterocycles. The van der Waals surface area contributed by atoms with Crippen LogP contribution in [0.25, 0.3) is 23.0 Å². The molecule has 0 saturated heterocycles. The predicted octanol–water partition coefficient (Wildman–Crippen LogP) is 7.50. The van der Waals surface area contributed by atoms with Gasteiger partial charge in [-0.05, 0) is 61.1 Å². The van der Waals surface area contributed by atoms with Gasteiger partial charge in [-0.25, -0.2) is 28.1 Å². The highest BCUT2D eigenvalue weighted by Gasteiger charge is 2.31. The number of ether oxygens (including phenoxy) is 2. The van der Waals surface area contributed by atoms with Crippen LogP contribution in [0.5, 0.6) is 11.8 Å². The zero-order valence-corrected chi connectivity index (χ0v) is 22.5. The maximum absolute atomic E-state index is 15.6. The van der Waals surface area contributed by atoms with Gasteiger partial charge in [0.15, 0.2) is 5.82 Å². The maximum atomic E-state index is 15.6. The molecule has 0 amide bonds. The minimum absolute atomic E-state index is 0.0124. The van der Waals surface area contributed by atoms with Crippen LogP contribution in [0, 0.1) is 5.82 Å². The number of rotatable bonds is 9. The highest BCUT2D eigenvalue weighted by molar-refractivity contribution is 5.83. The van der Waals surface area contributed by atoms with Crippen molar-refractivity contribution in [3.8, 4) is 23.1 Å². The molecule has 206 valence electrons. The third-order valence-electron chi connectivity index (χ3n) is 6.79. The summed E-state index contributed by atoms with van der Waals surface area (Å²) in [4.78, 5) is 17.6. The summed E-state index contributed by atoms with van der Waals surface area (Å²) >= 11 is 0. The van der Waals surface area contributed by atoms with Crippen LogP contribution in [0.4, 0.5) is 13.2 Å². The van der Waals surface area contributed by atoms with Gasteiger partial charge < -0.3 is 9.47 Å². The molecule has 1 fully saturated rings. The summed E-state index contributed by atoms with van der Waals surface area (Å²) < 4.78 is 55.2. The molecule has 0 unspecified atom stereocenters. The van der Waals surface area contributed by atoms with Crippen molar-refractivity contribution in [2.75, 3.05) is 7.11 Å². The minimum Gasteiger partial charge on any atom is -0.480 e. The lowest BCUT2D eigenvalue weighted by molar-refractivity contribution is 0.0673. The second-order valence-electron chi connectivity index (χ2n) is 10.0. The normalized spacial score (nSPS) is 15.5. The van der Waals surface area contributed by atoms with Crippen LogP contribution >= 0.6 is 0 Å². The maximum Gasteiger partial charge on any atom is 0.270 e. The van der Waals surface area contributed by atoms with Gasteiger partial charge in [-0.2, -0.15) is 4.98 Å². The van der Waals surface area contributed by atoms with E-state index in [1.165, 1.54) is 37.7 Å². The molecule has 0 spiro atoms. The van der Waals surface area contributed by atoms with Crippen molar-refractivity contribution < 1.29 is 22.6 Å². The lowest BCUT2D eigenvalue weighted by Crippen LogP contribution is -2.12. The van der Waals surface area contributed by atoms with E-state index in [9.17, 15) is 8.78 Å². The Morgan fingerprint density at radius 3 is 2.62 bits per heavy atom. The predicted molar refractivity (Wildman–Crippen MR) is 147 cm³/mol. The lowest BCUT2D eigenvalue weighted by atomic mass is 9.94. The molecule has 40 heavy (non-hydrogen) atoms. The molecule has 0 atom stereocenters. The Balaban J connectivity index is 1.42. The van der Waals surface area contributed by atoms with Crippen LogP contribution in [-0.2, 0) is 6.61 Å². The molecule has 0 aliphatic heterocycles. The summed E-state index contributed by atoms with van der Waals surface area (Å²) in [6, 6.07) is 4.68. The molecule has 5 rings (SSSR count). The Morgan fingerprint density at radius 1 is 1.12 bits per heavy atom. The Hall–Kier alpha value is -4.27. The zero-order chi connectivity index (χ0) is 28.4. The van der Waals surface area contributed by atoms with E-state index >= 15 is 4.39 Å². The van der Waals surface area contributed by atoms with E-state index in [1.54, 1.807) is 24.4 Å². The molecule has 0 N–H and O–H groups in total. The van der Waals surface area contributed by atoms with E-state index in [0.717, 1.165) is 31.0 Å². The molecule has 2 aromatic heterocycles. The average molecular weight is 547 g/mol. The van der Waals surface area contributed by atoms with Gasteiger partial charge in [0.05, 0.1) is 12.8 Å². The van der Waals surface area contributed by atoms with Crippen molar-refractivity contribution in [1.29, 1.82) is 0 Å². The molecule has 9 heteroatoms. The molecular weight excluding hydrogens is 517 g/mol. The van der Waals surface area contributed by atoms with E-state index in [2.05, 4.69) is 26.5 Å². The summed E-state index contributed by atoms with van der Waals surface area (Å²) in [5.74, 6) is -2.24. The van der Waals surface area contributed by atoms with E-state index in [0.29, 0.717) is 46.3 Å². The second-order valence-corrected chi connectivity index (χ2v) is 10.0. The average Bonchev–Trinajstić information content (AvgIpc) is 3.79. The SMILES string of the molecule is C=Cc1cc(COc2ccnc(-c3c(OC)ncnc3C3CC3)n2)cc(F)c1C1=CC(C(C)(F)F)=CCC(C)=C1. The zero-order valence-electron chi connectivity index (χ0n) is 22.5. The standard InChI is InChI=1S/C31H29F3N4O2/c1-5-20-13-19(14-24(32)26(20)22-12-18(2)6-9-23(15-22)31(3,33)34)16-40-25-10-11-35-29(38-25)27-28(21-7-8-21)36-17-37-30(27)39-4/h5,9-15,17,21H,1,6-8,16H2,2-4H3. The van der Waals surface area contributed by atoms with Gasteiger partial charge in [0.1, 0.15) is 24.3 Å². The first kappa shape index (κ1) is 27.3. The summed E-state index contributed by atoms with van der Waals surface area (Å²) in [6.07, 6.45) is 11.5. The van der Waals surface area contributed by atoms with Gasteiger partial charge in [0.2, 0.25) is 11.8 Å². The van der Waals surface area contributed by atoms with E-state index in [4.69, 9.17) is 9.47 Å². The van der Waals surface area contributed by atoms with Crippen LogP contribution < -0.4 is 9.47 Å². The van der Waals surface area contributed by atoms with Gasteiger partial charge in [-0.1, -0.05) is 30.4 Å². The molecular formula is C31H29F3N4O2. The van der Waals surface area contributed by atoms with Gasteiger partial charge in [0.25, 0.3) is 5.92 Å². The first-order chi connectivity index (χ1) is 19.2. The Morgan fingerprint density at radius 2 is 1.93 bits per heavy atom. The molecule has 6 nitrogen and oxygen atoms in total. The highest BCUT2D eigenvalue weighted by atomic mass is 19.3. The van der Waals surface area contributed by atoms with Gasteiger partial charge in [-0.3, -0.25) is 0 Å². The quantitative estimate of drug-likeness (QED) is 0.277. The van der Waals surface area contributed by atoms with Crippen molar-refractivity contribution in [3.63, 3.8) is 0 Å². The van der Waals surface area contributed by atoms with Crippen molar-refractivity contribution in [2.24, 2.45) is 0 Å². The van der Waals surface area contributed by atoms with Crippen molar-refractivity contribution in [2.45, 2.75) is 51.6 Å². The number of allylic oxidation sites excluding steroid dienone is 6. The van der Waals surface area contributed by atoms with Crippen LogP contribution in [0.15, 0.2) is 66.7 Å². The summed E-state index contributed by atoms with van der Waals surface area (Å²) in [5, 5.41) is 0. The number of aromatic nitrogens is 4. The molecule has 2 aliphatic carbocycles. The van der Waals surface area contributed by atoms with E-state index in [1.807, 2.05) is 6.92 Å². The van der Waals surface area contributed by atoms with Gasteiger partial charge >= 0.3 is 0 Å². The fraction of sp³-hybridized carbons (Fsp3) is 0.290. The monoisotopic (exact) mass is 546 g/mol. The van der Waals surface area contributed by atoms with Gasteiger partial charge in [-0.15, -0.1) is 0 Å². The number of halogens is 3. The molecule has 2 aliphatic rings. The highest BCUT2D eigenvalue weighted by Crippen LogP contribution is 2.45. The molecule has 1 aromatic carbocycles. The molecule has 0 radical (unpaired) electrons. The molecule has 3 aromatic rings. The summed E-state index contributed by atoms with van der Waals surface area (Å²) in [5.41, 5.74) is 3.75. The fourth-order valence-corrected chi connectivity index (χ4v) is 4.66. The Labute approximate surface area is 231 Å². The van der Waals surface area contributed by atoms with E-state index in [-0.39, 0.29) is 23.6 Å². The van der Waals surface area contributed by atoms with Gasteiger partial charge in [0, 0.05) is 36.2 Å². The van der Waals surface area contributed by atoms with Crippen molar-refractivity contribution >= 4 is 11.6 Å². The topological polar surface area (TPSA) is 70.0 Å². The third-order valence-corrected chi connectivity index (χ3v) is 6.79. The first-order valence-corrected chi connectivity index (χ1v) is 13.0. The molecule has 1 saturated carbocycles. The molecule has 0 bridgehead atoms. The summed E-state index contributed by atoms with van der Waals surface area (Å²) in [7, 11) is 1.53. The van der Waals surface area contributed by atoms with Crippen LogP contribution in [0.2, 0.25) is 0 Å². The number of hydrogen-bond acceptors (Lipinski definition) is 6. The lowest BCUT2D eigenvalue weighted by Gasteiger charge is -2.15. The van der Waals surface area contributed by atoms with Crippen LogP contribution in [-0.4, -0.2) is 33.0 Å². The minimum atomic E-state index is -3.05. The van der Waals surface area contributed by atoms with Crippen molar-refractivity contribution in [1.82, 2.24) is 19.9 Å². The number of alkyl halides is 2. The van der Waals surface area contributed by atoms with Crippen LogP contribution in [0.1, 0.15) is 61.4 Å². The Kier molecular flexibility index (Phi) is 7.56. The van der Waals surface area contributed by atoms with Crippen LogP contribution in [0.3, 0.4) is 0 Å². The number of methoxy groups -OCH3 is 1. The number of benzene rings is 1. The Bertz CT molecular complexity index is 1550. The fourth-order valence-electron chi connectivity index (χ4n) is 4.66. The number of hydrogen-bond donors (Lipinski definition) is 0. The summed E-state index contributed by atoms with van der Waals surface area (Å²) in [6.45, 7) is 6.50. The largest absolute Gasteiger partial charge is 0.480 e.